The highest BCUT2D eigenvalue weighted by molar-refractivity contribution is 14.1. The van der Waals surface area contributed by atoms with Crippen LogP contribution in [0.5, 0.6) is 0 Å². The van der Waals surface area contributed by atoms with Gasteiger partial charge in [-0.2, -0.15) is 5.10 Å². The van der Waals surface area contributed by atoms with Crippen molar-refractivity contribution in [3.05, 3.63) is 27.1 Å². The van der Waals surface area contributed by atoms with Gasteiger partial charge in [0.25, 0.3) is 0 Å². The molecule has 0 radical (unpaired) electrons. The molecule has 5 heterocycles. The lowest BCUT2D eigenvalue weighted by atomic mass is 10.1. The van der Waals surface area contributed by atoms with E-state index in [1.54, 1.807) is 0 Å². The first kappa shape index (κ1) is 24.6. The molecular weight excluding hydrogens is 595 g/mol. The summed E-state index contributed by atoms with van der Waals surface area (Å²) in [6.07, 6.45) is 5.43. The van der Waals surface area contributed by atoms with Crippen LogP contribution in [0.3, 0.4) is 0 Å². The van der Waals surface area contributed by atoms with Crippen LogP contribution in [0.15, 0.2) is 12.1 Å². The van der Waals surface area contributed by atoms with E-state index in [1.165, 1.54) is 6.26 Å². The maximum Gasteiger partial charge on any atom is 0.181 e. The lowest BCUT2D eigenvalue weighted by molar-refractivity contribution is -0.0386. The van der Waals surface area contributed by atoms with Crippen molar-refractivity contribution in [1.82, 2.24) is 24.4 Å². The Balaban J connectivity index is 1.60. The van der Waals surface area contributed by atoms with Crippen molar-refractivity contribution in [1.29, 1.82) is 0 Å². The molecule has 0 bridgehead atoms. The number of anilines is 1. The largest absolute Gasteiger partial charge is 0.377 e. The quantitative estimate of drug-likeness (QED) is 0.397. The van der Waals surface area contributed by atoms with E-state index in [-0.39, 0.29) is 12.3 Å². The average Bonchev–Trinajstić information content (AvgIpc) is 3.50. The molecule has 12 heteroatoms. The fourth-order valence-electron chi connectivity index (χ4n) is 5.53. The van der Waals surface area contributed by atoms with Crippen molar-refractivity contribution >= 4 is 43.8 Å². The normalized spacial score (nSPS) is 24.4. The Hall–Kier alpha value is -1.77. The number of aromatic nitrogens is 5. The number of nitrogens with zero attached hydrogens (tertiary/aromatic N) is 6. The minimum absolute atomic E-state index is 0.124. The minimum atomic E-state index is -3.34. The van der Waals surface area contributed by atoms with Crippen LogP contribution in [0.4, 0.5) is 5.82 Å². The number of fused-ring (bicyclic) bond motifs is 1. The van der Waals surface area contributed by atoms with Gasteiger partial charge in [-0.15, -0.1) is 5.10 Å². The molecule has 1 aliphatic carbocycles. The maximum atomic E-state index is 13.0. The summed E-state index contributed by atoms with van der Waals surface area (Å²) in [6.45, 7) is 6.68. The number of morpholine rings is 1. The fourth-order valence-corrected chi connectivity index (χ4v) is 7.68. The number of sulfone groups is 1. The lowest BCUT2D eigenvalue weighted by Gasteiger charge is -2.34. The van der Waals surface area contributed by atoms with Gasteiger partial charge in [-0.05, 0) is 80.7 Å². The standard InChI is InChI=1S/C24H31IN6O4S/c1-15-12-18(30(27-15)20-6-4-5-10-35-20)23-26-22(25)21-17(24(7-8-24)36(3,32)33)13-19(28-31(21)23)29-9-11-34-14-16(29)2/h12-13,16,20H,4-11,14H2,1-3H3/t16-,20?/m1/s1. The van der Waals surface area contributed by atoms with Crippen LogP contribution in [0.2, 0.25) is 0 Å². The predicted octanol–water partition coefficient (Wildman–Crippen LogP) is 3.46. The Morgan fingerprint density at radius 1 is 1.17 bits per heavy atom. The number of hydrogen-bond donors (Lipinski definition) is 0. The van der Waals surface area contributed by atoms with Gasteiger partial charge >= 0.3 is 0 Å². The molecular formula is C24H31IN6O4S. The lowest BCUT2D eigenvalue weighted by Crippen LogP contribution is -2.44. The molecule has 1 unspecified atom stereocenters. The molecule has 6 rings (SSSR count). The molecule has 10 nitrogen and oxygen atoms in total. The van der Waals surface area contributed by atoms with Gasteiger partial charge in [0, 0.05) is 25.0 Å². The zero-order valence-corrected chi connectivity index (χ0v) is 23.7. The number of imidazole rings is 1. The molecule has 2 saturated heterocycles. The second kappa shape index (κ2) is 8.91. The molecule has 0 spiro atoms. The zero-order valence-electron chi connectivity index (χ0n) is 20.8. The van der Waals surface area contributed by atoms with Crippen LogP contribution < -0.4 is 4.90 Å². The van der Waals surface area contributed by atoms with E-state index < -0.39 is 14.6 Å². The summed E-state index contributed by atoms with van der Waals surface area (Å²) in [5.41, 5.74) is 3.24. The highest BCUT2D eigenvalue weighted by Gasteiger charge is 2.55. The Labute approximate surface area is 224 Å². The predicted molar refractivity (Wildman–Crippen MR) is 144 cm³/mol. The van der Waals surface area contributed by atoms with Gasteiger partial charge < -0.3 is 14.4 Å². The topological polar surface area (TPSA) is 104 Å². The summed E-state index contributed by atoms with van der Waals surface area (Å²) >= 11 is 2.21. The highest BCUT2D eigenvalue weighted by atomic mass is 127. The van der Waals surface area contributed by atoms with Gasteiger partial charge in [0.15, 0.2) is 21.9 Å². The number of hydrogen-bond acceptors (Lipinski definition) is 8. The second-order valence-corrected chi connectivity index (χ2v) is 13.6. The maximum absolute atomic E-state index is 13.0. The third-order valence-electron chi connectivity index (χ3n) is 7.62. The van der Waals surface area contributed by atoms with Crippen molar-refractivity contribution in [2.24, 2.45) is 0 Å². The van der Waals surface area contributed by atoms with E-state index in [0.717, 1.165) is 51.2 Å². The summed E-state index contributed by atoms with van der Waals surface area (Å²) in [5, 5.41) is 9.83. The fraction of sp³-hybridized carbons (Fsp3) is 0.625. The van der Waals surface area contributed by atoms with E-state index >= 15 is 0 Å². The Kier molecular flexibility index (Phi) is 6.08. The zero-order chi connectivity index (χ0) is 25.2. The van der Waals surface area contributed by atoms with Gasteiger partial charge in [-0.1, -0.05) is 0 Å². The molecule has 36 heavy (non-hydrogen) atoms. The van der Waals surface area contributed by atoms with E-state index in [9.17, 15) is 8.42 Å². The molecule has 1 saturated carbocycles. The minimum Gasteiger partial charge on any atom is -0.377 e. The van der Waals surface area contributed by atoms with Crippen molar-refractivity contribution in [3.8, 4) is 11.5 Å². The molecule has 3 aliphatic rings. The van der Waals surface area contributed by atoms with Crippen LogP contribution in [0, 0.1) is 10.6 Å². The van der Waals surface area contributed by atoms with Crippen LogP contribution in [0.25, 0.3) is 17.0 Å². The van der Waals surface area contributed by atoms with Gasteiger partial charge in [-0.25, -0.2) is 22.6 Å². The van der Waals surface area contributed by atoms with Crippen LogP contribution in [-0.2, 0) is 24.1 Å². The van der Waals surface area contributed by atoms with Gasteiger partial charge in [-0.3, -0.25) is 0 Å². The van der Waals surface area contributed by atoms with Crippen LogP contribution >= 0.6 is 22.6 Å². The first-order valence-electron chi connectivity index (χ1n) is 12.5. The van der Waals surface area contributed by atoms with Crippen LogP contribution in [0.1, 0.15) is 56.5 Å². The summed E-state index contributed by atoms with van der Waals surface area (Å²) in [7, 11) is -3.34. The third kappa shape index (κ3) is 3.95. The van der Waals surface area contributed by atoms with Crippen molar-refractivity contribution < 1.29 is 17.9 Å². The SMILES string of the molecule is Cc1cc(-c2nc(I)c3c(C4(S(C)(=O)=O)CC4)cc(N4CCOC[C@H]4C)nn23)n(C2CCCCO2)n1. The van der Waals surface area contributed by atoms with E-state index in [0.29, 0.717) is 45.0 Å². The van der Waals surface area contributed by atoms with E-state index in [1.807, 2.05) is 28.3 Å². The first-order valence-corrected chi connectivity index (χ1v) is 15.5. The smallest absolute Gasteiger partial charge is 0.181 e. The molecule has 0 N–H and O–H groups in total. The average molecular weight is 627 g/mol. The molecule has 194 valence electrons. The summed E-state index contributed by atoms with van der Waals surface area (Å²) in [4.78, 5) is 7.15. The monoisotopic (exact) mass is 626 g/mol. The number of rotatable bonds is 5. The van der Waals surface area contributed by atoms with Crippen molar-refractivity contribution in [2.75, 3.05) is 37.5 Å². The number of ether oxygens (including phenoxy) is 2. The van der Waals surface area contributed by atoms with Gasteiger partial charge in [0.1, 0.15) is 20.7 Å². The van der Waals surface area contributed by atoms with E-state index in [4.69, 9.17) is 24.7 Å². The molecule has 3 aromatic rings. The molecule has 2 aliphatic heterocycles. The first-order chi connectivity index (χ1) is 17.2. The van der Waals surface area contributed by atoms with Gasteiger partial charge in [0.05, 0.1) is 29.7 Å². The Bertz CT molecular complexity index is 1420. The Morgan fingerprint density at radius 3 is 2.64 bits per heavy atom. The Morgan fingerprint density at radius 2 is 1.97 bits per heavy atom. The van der Waals surface area contributed by atoms with Crippen molar-refractivity contribution in [2.45, 2.75) is 63.0 Å². The number of aryl methyl sites for hydroxylation is 1. The third-order valence-corrected chi connectivity index (χ3v) is 10.4. The summed E-state index contributed by atoms with van der Waals surface area (Å²) < 4.78 is 41.4. The van der Waals surface area contributed by atoms with Crippen LogP contribution in [-0.4, -0.2) is 71.5 Å². The molecule has 3 aromatic heterocycles. The molecule has 0 amide bonds. The summed E-state index contributed by atoms with van der Waals surface area (Å²) in [5.74, 6) is 1.40. The number of halogens is 1. The molecule has 0 aromatic carbocycles. The van der Waals surface area contributed by atoms with Crippen molar-refractivity contribution in [3.63, 3.8) is 0 Å². The molecule has 2 atom stereocenters. The summed E-state index contributed by atoms with van der Waals surface area (Å²) in [6, 6.07) is 4.11. The highest BCUT2D eigenvalue weighted by Crippen LogP contribution is 2.54. The molecule has 3 fully saturated rings. The second-order valence-electron chi connectivity index (χ2n) is 10.2. The van der Waals surface area contributed by atoms with Gasteiger partial charge in [0.2, 0.25) is 0 Å². The van der Waals surface area contributed by atoms with E-state index in [2.05, 4.69) is 34.4 Å².